The number of aromatic carboxylic acids is 1. The molecule has 0 atom stereocenters. The van der Waals surface area contributed by atoms with Crippen molar-refractivity contribution in [2.75, 3.05) is 37.8 Å². The molecule has 1 heterocycles. The van der Waals surface area contributed by atoms with Crippen molar-refractivity contribution in [3.05, 3.63) is 105 Å². The van der Waals surface area contributed by atoms with Crippen molar-refractivity contribution in [1.82, 2.24) is 10.3 Å². The molecule has 0 aliphatic rings. The molecule has 12 heteroatoms. The number of nitrogens with one attached hydrogen (secondary N) is 2. The fourth-order valence-corrected chi connectivity index (χ4v) is 6.74. The van der Waals surface area contributed by atoms with Crippen LogP contribution in [0.1, 0.15) is 27.9 Å². The standard InChI is InChI=1S/C22H28N2O5S2.C11H8O3/c25-19-8-7-18(21-20(19)24-22(26)30-21)9-12-23-11-4-15-31(27,28)16-14-29-13-10-17-5-2-1-3-6-17;12-10-8-4-2-1-3-7(8)5-6-9(10)11(13)14/h1-3,5-8,23,25H,4,9-16H2,(H,24,26);1-6,12H,(H,13,14). The molecule has 238 valence electrons. The summed E-state index contributed by atoms with van der Waals surface area (Å²) in [5, 5.41) is 32.9. The first-order valence-corrected chi connectivity index (χ1v) is 17.1. The zero-order valence-electron chi connectivity index (χ0n) is 24.6. The van der Waals surface area contributed by atoms with Crippen molar-refractivity contribution in [3.63, 3.8) is 0 Å². The number of aromatic hydroxyl groups is 2. The number of H-pyrrole nitrogens is 1. The highest BCUT2D eigenvalue weighted by molar-refractivity contribution is 7.91. The number of thiazole rings is 1. The summed E-state index contributed by atoms with van der Waals surface area (Å²) < 4.78 is 30.5. The van der Waals surface area contributed by atoms with Gasteiger partial charge in [0.2, 0.25) is 0 Å². The SMILES string of the molecule is O=C(O)c1ccc2ccccc2c1O.O=c1[nH]c2c(O)ccc(CCNCCCS(=O)(=O)CCOCCc3ccccc3)c2s1. The van der Waals surface area contributed by atoms with Crippen LogP contribution in [0.25, 0.3) is 21.0 Å². The number of hydrogen-bond acceptors (Lipinski definition) is 9. The first-order valence-electron chi connectivity index (χ1n) is 14.4. The Kier molecular flexibility index (Phi) is 12.1. The number of carboxylic acid groups (broad SMARTS) is 1. The van der Waals surface area contributed by atoms with E-state index in [-0.39, 0.29) is 40.0 Å². The number of fused-ring (bicyclic) bond motifs is 2. The second-order valence-electron chi connectivity index (χ2n) is 10.3. The molecule has 5 aromatic rings. The number of benzene rings is 4. The largest absolute Gasteiger partial charge is 0.506 e. The third kappa shape index (κ3) is 9.88. The number of sulfone groups is 1. The Morgan fingerprint density at radius 1 is 0.867 bits per heavy atom. The Labute approximate surface area is 264 Å². The van der Waals surface area contributed by atoms with Crippen LogP contribution in [0.15, 0.2) is 83.7 Å². The minimum Gasteiger partial charge on any atom is -0.506 e. The van der Waals surface area contributed by atoms with E-state index in [4.69, 9.17) is 9.84 Å². The maximum atomic E-state index is 12.1. The smallest absolute Gasteiger partial charge is 0.339 e. The third-order valence-electron chi connectivity index (χ3n) is 7.07. The summed E-state index contributed by atoms with van der Waals surface area (Å²) in [6.45, 7) is 1.99. The van der Waals surface area contributed by atoms with Gasteiger partial charge in [0, 0.05) is 5.39 Å². The molecular formula is C33H36N2O8S2. The third-order valence-corrected chi connectivity index (χ3v) is 9.72. The minimum absolute atomic E-state index is 0.0414. The lowest BCUT2D eigenvalue weighted by Crippen LogP contribution is -2.23. The average molecular weight is 653 g/mol. The van der Waals surface area contributed by atoms with Gasteiger partial charge in [-0.15, -0.1) is 0 Å². The zero-order valence-corrected chi connectivity index (χ0v) is 26.2. The van der Waals surface area contributed by atoms with Gasteiger partial charge in [0.1, 0.15) is 22.6 Å². The van der Waals surface area contributed by atoms with Crippen molar-refractivity contribution in [3.8, 4) is 11.5 Å². The van der Waals surface area contributed by atoms with Gasteiger partial charge in [0.05, 0.1) is 29.4 Å². The van der Waals surface area contributed by atoms with Crippen LogP contribution in [0.2, 0.25) is 0 Å². The molecule has 0 fully saturated rings. The normalized spacial score (nSPS) is 11.4. The molecule has 0 radical (unpaired) electrons. The molecule has 0 bridgehead atoms. The average Bonchev–Trinajstić information content (AvgIpc) is 3.43. The van der Waals surface area contributed by atoms with Crippen LogP contribution < -0.4 is 10.2 Å². The van der Waals surface area contributed by atoms with Crippen molar-refractivity contribution < 1.29 is 33.3 Å². The van der Waals surface area contributed by atoms with E-state index in [1.54, 1.807) is 24.3 Å². The highest BCUT2D eigenvalue weighted by atomic mass is 32.2. The summed E-state index contributed by atoms with van der Waals surface area (Å²) in [5.41, 5.74) is 2.56. The van der Waals surface area contributed by atoms with E-state index in [2.05, 4.69) is 10.3 Å². The fraction of sp³-hybridized carbons (Fsp3) is 0.273. The van der Waals surface area contributed by atoms with Gasteiger partial charge in [0.15, 0.2) is 9.84 Å². The number of aromatic amines is 1. The minimum atomic E-state index is -3.13. The number of ether oxygens (including phenoxy) is 1. The zero-order chi connectivity index (χ0) is 32.2. The molecule has 5 rings (SSSR count). The Balaban J connectivity index is 0.000000273. The van der Waals surface area contributed by atoms with Crippen LogP contribution >= 0.6 is 11.3 Å². The second-order valence-corrected chi connectivity index (χ2v) is 13.6. The highest BCUT2D eigenvalue weighted by Gasteiger charge is 2.13. The van der Waals surface area contributed by atoms with Crippen LogP contribution in [0.5, 0.6) is 11.5 Å². The summed E-state index contributed by atoms with van der Waals surface area (Å²) in [6, 6.07) is 23.5. The summed E-state index contributed by atoms with van der Waals surface area (Å²) in [7, 11) is -3.13. The lowest BCUT2D eigenvalue weighted by atomic mass is 10.1. The quantitative estimate of drug-likeness (QED) is 0.107. The van der Waals surface area contributed by atoms with E-state index >= 15 is 0 Å². The Hall–Kier alpha value is -4.23. The number of phenolic OH excluding ortho intramolecular Hbond substituents is 1. The molecule has 4 aromatic carbocycles. The van der Waals surface area contributed by atoms with E-state index in [9.17, 15) is 28.2 Å². The first-order chi connectivity index (χ1) is 21.6. The van der Waals surface area contributed by atoms with Crippen LogP contribution in [0, 0.1) is 0 Å². The van der Waals surface area contributed by atoms with Crippen LogP contribution in [0.3, 0.4) is 0 Å². The van der Waals surface area contributed by atoms with Crippen LogP contribution in [-0.4, -0.2) is 72.5 Å². The van der Waals surface area contributed by atoms with Crippen molar-refractivity contribution >= 4 is 48.1 Å². The monoisotopic (exact) mass is 652 g/mol. The maximum absolute atomic E-state index is 12.1. The summed E-state index contributed by atoms with van der Waals surface area (Å²) in [6.07, 6.45) is 2.00. The van der Waals surface area contributed by atoms with Gasteiger partial charge in [-0.05, 0) is 61.0 Å². The second kappa shape index (κ2) is 16.2. The van der Waals surface area contributed by atoms with Crippen LogP contribution in [-0.2, 0) is 27.4 Å². The van der Waals surface area contributed by atoms with E-state index in [1.807, 2.05) is 48.5 Å². The highest BCUT2D eigenvalue weighted by Crippen LogP contribution is 2.29. The van der Waals surface area contributed by atoms with Gasteiger partial charge in [-0.3, -0.25) is 4.79 Å². The topological polar surface area (TPSA) is 166 Å². The molecule has 1 aromatic heterocycles. The molecular weight excluding hydrogens is 617 g/mol. The Morgan fingerprint density at radius 2 is 1.62 bits per heavy atom. The number of carbonyl (C=O) groups is 1. The number of hydrogen-bond donors (Lipinski definition) is 5. The maximum Gasteiger partial charge on any atom is 0.339 e. The molecule has 0 saturated carbocycles. The number of rotatable bonds is 14. The molecule has 0 saturated heterocycles. The van der Waals surface area contributed by atoms with Crippen molar-refractivity contribution in [2.45, 2.75) is 19.3 Å². The van der Waals surface area contributed by atoms with Gasteiger partial charge in [0.25, 0.3) is 0 Å². The lowest BCUT2D eigenvalue weighted by molar-refractivity contribution is 0.0694. The van der Waals surface area contributed by atoms with Crippen LogP contribution in [0.4, 0.5) is 0 Å². The number of phenols is 2. The van der Waals surface area contributed by atoms with E-state index < -0.39 is 15.8 Å². The van der Waals surface area contributed by atoms with E-state index in [0.717, 1.165) is 33.4 Å². The molecule has 45 heavy (non-hydrogen) atoms. The van der Waals surface area contributed by atoms with E-state index in [0.29, 0.717) is 43.4 Å². The molecule has 0 aliphatic carbocycles. The summed E-state index contributed by atoms with van der Waals surface area (Å²) in [5.74, 6) is -1.05. The Bertz CT molecular complexity index is 1890. The Morgan fingerprint density at radius 3 is 2.40 bits per heavy atom. The predicted octanol–water partition coefficient (Wildman–Crippen LogP) is 4.74. The summed E-state index contributed by atoms with van der Waals surface area (Å²) in [4.78, 5) is 24.7. The number of carboxylic acids is 1. The molecule has 5 N–H and O–H groups in total. The summed E-state index contributed by atoms with van der Waals surface area (Å²) >= 11 is 1.08. The van der Waals surface area contributed by atoms with E-state index in [1.165, 1.54) is 11.6 Å². The van der Waals surface area contributed by atoms with Gasteiger partial charge in [-0.25, -0.2) is 13.2 Å². The van der Waals surface area contributed by atoms with Gasteiger partial charge < -0.3 is 30.4 Å². The predicted molar refractivity (Wildman–Crippen MR) is 177 cm³/mol. The fourth-order valence-electron chi connectivity index (χ4n) is 4.69. The van der Waals surface area contributed by atoms with Crippen molar-refractivity contribution in [2.24, 2.45) is 0 Å². The number of aromatic nitrogens is 1. The molecule has 10 nitrogen and oxygen atoms in total. The van der Waals surface area contributed by atoms with Gasteiger partial charge in [-0.1, -0.05) is 78.1 Å². The molecule has 0 aliphatic heterocycles. The molecule has 0 amide bonds. The lowest BCUT2D eigenvalue weighted by Gasteiger charge is -2.08. The van der Waals surface area contributed by atoms with Gasteiger partial charge in [-0.2, -0.15) is 0 Å². The molecule has 0 unspecified atom stereocenters. The van der Waals surface area contributed by atoms with Gasteiger partial charge >= 0.3 is 10.8 Å². The molecule has 0 spiro atoms. The van der Waals surface area contributed by atoms with Crippen molar-refractivity contribution in [1.29, 1.82) is 0 Å². The first kappa shape index (κ1) is 33.7.